The second-order valence-corrected chi connectivity index (χ2v) is 0. The summed E-state index contributed by atoms with van der Waals surface area (Å²) in [5, 5.41) is 0. The van der Waals surface area contributed by atoms with Crippen LogP contribution in [0.2, 0.25) is 0 Å². The second kappa shape index (κ2) is 43.4. The van der Waals surface area contributed by atoms with E-state index in [0.717, 1.165) is 0 Å². The minimum atomic E-state index is 0. The first-order chi connectivity index (χ1) is 0. The Balaban J connectivity index is 0. The SMILES string of the molecule is [Cd].[Cd].[Cd].[Sr].[Sr].[Sr].[Sr].[Sr]. The quantitative estimate of drug-likeness (QED) is 0.253. The molecule has 8 heteroatoms. The molecule has 0 bridgehead atoms. The van der Waals surface area contributed by atoms with Crippen molar-refractivity contribution < 1.29 is 81.9 Å². The minimum Gasteiger partial charge on any atom is 0 e. The van der Waals surface area contributed by atoms with E-state index in [1.807, 2.05) is 0 Å². The molecule has 16 valence electrons. The van der Waals surface area contributed by atoms with Crippen LogP contribution in [-0.4, -0.2) is 227 Å². The van der Waals surface area contributed by atoms with Crippen LogP contribution in [0.3, 0.4) is 0 Å². The van der Waals surface area contributed by atoms with Crippen molar-refractivity contribution in [3.63, 3.8) is 0 Å². The smallest absolute Gasteiger partial charge is 0 e. The molecular formula is Cd3Sr5. The van der Waals surface area contributed by atoms with Crippen molar-refractivity contribution in [2.45, 2.75) is 0 Å². The van der Waals surface area contributed by atoms with Crippen LogP contribution < -0.4 is 0 Å². The van der Waals surface area contributed by atoms with E-state index in [9.17, 15) is 0 Å². The maximum absolute atomic E-state index is 0. The van der Waals surface area contributed by atoms with Gasteiger partial charge in [-0.2, -0.15) is 0 Å². The average Bonchev–Trinajstić information content (AvgIpc) is 0. The molecule has 0 amide bonds. The molecular weight excluding hydrogens is 775 g/mol. The van der Waals surface area contributed by atoms with Gasteiger partial charge >= 0.3 is 0 Å². The molecule has 10 radical (unpaired) electrons. The molecule has 0 fully saturated rings. The maximum Gasteiger partial charge on any atom is 0 e. The van der Waals surface area contributed by atoms with Crippen molar-refractivity contribution in [2.75, 3.05) is 0 Å². The number of hydrogen-bond acceptors (Lipinski definition) is 0. The molecule has 0 nitrogen and oxygen atoms in total. The van der Waals surface area contributed by atoms with Gasteiger partial charge in [-0.1, -0.05) is 0 Å². The van der Waals surface area contributed by atoms with Gasteiger partial charge in [0.05, 0.1) is 0 Å². The maximum atomic E-state index is 0. The molecule has 0 rings (SSSR count). The Morgan fingerprint density at radius 2 is 0.250 bits per heavy atom. The summed E-state index contributed by atoms with van der Waals surface area (Å²) in [4.78, 5) is 0. The Kier molecular flexibility index (Phi) is 281. The predicted octanol–water partition coefficient (Wildman–Crippen LogP) is -1.91. The fourth-order valence-corrected chi connectivity index (χ4v) is 0. The van der Waals surface area contributed by atoms with E-state index in [2.05, 4.69) is 0 Å². The van der Waals surface area contributed by atoms with Crippen LogP contribution in [0.5, 0.6) is 0 Å². The predicted molar refractivity (Wildman–Crippen MR) is 28.8 cm³/mol. The first-order valence-electron chi connectivity index (χ1n) is 0. The van der Waals surface area contributed by atoms with Crippen LogP contribution in [0.15, 0.2) is 0 Å². The molecule has 0 aromatic heterocycles. The molecule has 0 N–H and O–H groups in total. The van der Waals surface area contributed by atoms with Crippen molar-refractivity contribution in [1.82, 2.24) is 0 Å². The third kappa shape index (κ3) is 36.0. The van der Waals surface area contributed by atoms with Crippen molar-refractivity contribution in [1.29, 1.82) is 0 Å². The van der Waals surface area contributed by atoms with Crippen molar-refractivity contribution >= 4 is 227 Å². The third-order valence-electron chi connectivity index (χ3n) is 0. The van der Waals surface area contributed by atoms with E-state index in [4.69, 9.17) is 0 Å². The molecule has 0 aliphatic heterocycles. The van der Waals surface area contributed by atoms with Gasteiger partial charge in [-0.3, -0.25) is 0 Å². The molecule has 0 aliphatic carbocycles. The third-order valence-corrected chi connectivity index (χ3v) is 0. The van der Waals surface area contributed by atoms with E-state index in [1.54, 1.807) is 0 Å². The summed E-state index contributed by atoms with van der Waals surface area (Å²) in [5.41, 5.74) is 0. The van der Waals surface area contributed by atoms with Crippen LogP contribution in [0, 0.1) is 0 Å². The van der Waals surface area contributed by atoms with Crippen LogP contribution in [0.25, 0.3) is 0 Å². The van der Waals surface area contributed by atoms with Crippen molar-refractivity contribution in [2.24, 2.45) is 0 Å². The van der Waals surface area contributed by atoms with Crippen molar-refractivity contribution in [3.05, 3.63) is 0 Å². The standard InChI is InChI=1S/3Cd.5Sr. The molecule has 0 aliphatic rings. The summed E-state index contributed by atoms with van der Waals surface area (Å²) in [6, 6.07) is 0. The van der Waals surface area contributed by atoms with Gasteiger partial charge in [0.1, 0.15) is 0 Å². The summed E-state index contributed by atoms with van der Waals surface area (Å²) < 4.78 is 0. The molecule has 0 saturated carbocycles. The molecule has 0 atom stereocenters. The second-order valence-electron chi connectivity index (χ2n) is 0. The summed E-state index contributed by atoms with van der Waals surface area (Å²) in [6.07, 6.45) is 0. The van der Waals surface area contributed by atoms with Gasteiger partial charge in [0.15, 0.2) is 0 Å². The Morgan fingerprint density at radius 3 is 0.250 bits per heavy atom. The largest absolute Gasteiger partial charge is 0 e. The Morgan fingerprint density at radius 1 is 0.250 bits per heavy atom. The van der Waals surface area contributed by atoms with Gasteiger partial charge in [-0.15, -0.1) is 0 Å². The summed E-state index contributed by atoms with van der Waals surface area (Å²) >= 11 is 0. The normalized spacial score (nSPS) is 0. The van der Waals surface area contributed by atoms with Crippen LogP contribution in [0.4, 0.5) is 0 Å². The van der Waals surface area contributed by atoms with Crippen LogP contribution >= 0.6 is 0 Å². The summed E-state index contributed by atoms with van der Waals surface area (Å²) in [5.74, 6) is 0. The molecule has 0 saturated heterocycles. The van der Waals surface area contributed by atoms with Crippen molar-refractivity contribution in [3.8, 4) is 0 Å². The fraction of sp³-hybridized carbons (Fsp3) is 0. The Labute approximate surface area is 297 Å². The van der Waals surface area contributed by atoms with Crippen LogP contribution in [0.1, 0.15) is 0 Å². The van der Waals surface area contributed by atoms with E-state index in [-0.39, 0.29) is 309 Å². The van der Waals surface area contributed by atoms with E-state index < -0.39 is 0 Å². The zero-order valence-corrected chi connectivity index (χ0v) is 35.1. The monoisotopic (exact) mass is 781 g/mol. The van der Waals surface area contributed by atoms with E-state index in [0.29, 0.717) is 0 Å². The first kappa shape index (κ1) is 51.8. The minimum absolute atomic E-state index is 0. The first-order valence-corrected chi connectivity index (χ1v) is 0. The van der Waals surface area contributed by atoms with Gasteiger partial charge in [0.2, 0.25) is 0 Å². The molecule has 0 aromatic carbocycles. The molecule has 8 heavy (non-hydrogen) atoms. The summed E-state index contributed by atoms with van der Waals surface area (Å²) in [7, 11) is 0. The molecule has 0 heterocycles. The fourth-order valence-electron chi connectivity index (χ4n) is 0. The molecule has 0 spiro atoms. The van der Waals surface area contributed by atoms with Crippen LogP contribution in [-0.2, 0) is 81.9 Å². The van der Waals surface area contributed by atoms with E-state index >= 15 is 0 Å². The zero-order chi connectivity index (χ0) is 0. The van der Waals surface area contributed by atoms with Gasteiger partial charge in [0.25, 0.3) is 0 Å². The molecule has 0 unspecified atom stereocenters. The molecule has 0 aromatic rings. The van der Waals surface area contributed by atoms with E-state index in [1.165, 1.54) is 0 Å². The summed E-state index contributed by atoms with van der Waals surface area (Å²) in [6.45, 7) is 0. The number of rotatable bonds is 0. The average molecular weight is 775 g/mol. The van der Waals surface area contributed by atoms with Gasteiger partial charge in [-0.05, 0) is 0 Å². The topological polar surface area (TPSA) is 0 Å². The van der Waals surface area contributed by atoms with Gasteiger partial charge in [-0.25, -0.2) is 0 Å². The van der Waals surface area contributed by atoms with Gasteiger partial charge < -0.3 is 0 Å². The zero-order valence-electron chi connectivity index (χ0n) is 5.66. The van der Waals surface area contributed by atoms with Gasteiger partial charge in [0, 0.05) is 309 Å². The Hall–Kier alpha value is 10.2. The Bertz CT molecular complexity index is 7.64. The number of hydrogen-bond donors (Lipinski definition) is 0.